The minimum atomic E-state index is -0.256. The molecule has 3 aliphatic rings. The van der Waals surface area contributed by atoms with Gasteiger partial charge in [0.1, 0.15) is 18.0 Å². The van der Waals surface area contributed by atoms with Crippen molar-refractivity contribution in [3.05, 3.63) is 0 Å². The van der Waals surface area contributed by atoms with Crippen LogP contribution in [0.5, 0.6) is 0 Å². The molecule has 1 saturated heterocycles. The van der Waals surface area contributed by atoms with Crippen LogP contribution in [0.25, 0.3) is 0 Å². The monoisotopic (exact) mass is 212 g/mol. The summed E-state index contributed by atoms with van der Waals surface area (Å²) in [5.74, 6) is 0.470. The van der Waals surface area contributed by atoms with Crippen LogP contribution in [0.1, 0.15) is 44.9 Å². The van der Waals surface area contributed by atoms with Crippen LogP contribution in [-0.2, 0) is 19.6 Å². The van der Waals surface area contributed by atoms with Gasteiger partial charge in [-0.1, -0.05) is 5.04 Å². The van der Waals surface area contributed by atoms with Gasteiger partial charge in [0.15, 0.2) is 0 Å². The summed E-state index contributed by atoms with van der Waals surface area (Å²) in [6.07, 6.45) is 6.58. The summed E-state index contributed by atoms with van der Waals surface area (Å²) in [7, 11) is 0. The molecule has 0 atom stereocenters. The average molecular weight is 212 g/mol. The van der Waals surface area contributed by atoms with Gasteiger partial charge in [0.05, 0.1) is 0 Å². The molecule has 0 aromatic rings. The van der Waals surface area contributed by atoms with E-state index in [1.54, 1.807) is 0 Å². The molecule has 3 fully saturated rings. The number of ketones is 1. The second kappa shape index (κ2) is 3.27. The molecule has 0 N–H and O–H groups in total. The van der Waals surface area contributed by atoms with Gasteiger partial charge in [0.2, 0.25) is 0 Å². The van der Waals surface area contributed by atoms with Gasteiger partial charge >= 0.3 is 0 Å². The van der Waals surface area contributed by atoms with E-state index < -0.39 is 0 Å². The highest BCUT2D eigenvalue weighted by atomic mass is 17.5. The Morgan fingerprint density at radius 2 is 1.87 bits per heavy atom. The molecule has 0 amide bonds. The van der Waals surface area contributed by atoms with E-state index in [1.807, 2.05) is 0 Å². The Morgan fingerprint density at radius 3 is 2.40 bits per heavy atom. The summed E-state index contributed by atoms with van der Waals surface area (Å²) < 4.78 is 0. The Kier molecular flexibility index (Phi) is 2.13. The number of hydrogen-bond acceptors (Lipinski definition) is 4. The van der Waals surface area contributed by atoms with Crippen LogP contribution in [0.15, 0.2) is 0 Å². The molecule has 4 heteroatoms. The first kappa shape index (κ1) is 9.75. The fourth-order valence-electron chi connectivity index (χ4n) is 3.18. The largest absolute Gasteiger partial charge is 0.299 e. The second-order valence-corrected chi connectivity index (χ2v) is 5.15. The third kappa shape index (κ3) is 1.43. The first-order valence-corrected chi connectivity index (χ1v) is 5.76. The molecule has 0 aromatic heterocycles. The van der Waals surface area contributed by atoms with Crippen molar-refractivity contribution in [2.24, 2.45) is 5.41 Å². The van der Waals surface area contributed by atoms with Crippen LogP contribution in [0, 0.1) is 5.41 Å². The van der Waals surface area contributed by atoms with E-state index in [2.05, 4.69) is 5.04 Å². The van der Waals surface area contributed by atoms with Crippen molar-refractivity contribution in [3.63, 3.8) is 0 Å². The smallest absolute Gasteiger partial charge is 0.139 e. The predicted molar refractivity (Wildman–Crippen MR) is 50.6 cm³/mol. The quantitative estimate of drug-likeness (QED) is 0.575. The Labute approximate surface area is 88.7 Å². The fourth-order valence-corrected chi connectivity index (χ4v) is 3.18. The van der Waals surface area contributed by atoms with E-state index in [-0.39, 0.29) is 11.0 Å². The van der Waals surface area contributed by atoms with Gasteiger partial charge in [-0.15, -0.1) is 0 Å². The number of Topliss-reactive ketones (excluding diaryl/α,β-unsaturated/α-hetero) is 1. The first-order valence-electron chi connectivity index (χ1n) is 5.76. The van der Waals surface area contributed by atoms with E-state index in [4.69, 9.17) is 9.78 Å². The summed E-state index contributed by atoms with van der Waals surface area (Å²) in [6.45, 7) is 0.511. The van der Waals surface area contributed by atoms with E-state index in [9.17, 15) is 4.79 Å². The first-order chi connectivity index (χ1) is 7.25. The Morgan fingerprint density at radius 1 is 1.07 bits per heavy atom. The number of carbonyl (C=O) groups is 1. The maximum absolute atomic E-state index is 11.9. The maximum atomic E-state index is 11.9. The van der Waals surface area contributed by atoms with Gasteiger partial charge in [-0.2, -0.15) is 4.89 Å². The van der Waals surface area contributed by atoms with Crippen LogP contribution >= 0.6 is 0 Å². The Hall–Kier alpha value is -0.450. The molecule has 1 aliphatic heterocycles. The zero-order valence-corrected chi connectivity index (χ0v) is 8.79. The average Bonchev–Trinajstić information content (AvgIpc) is 2.82. The lowest BCUT2D eigenvalue weighted by atomic mass is 9.67. The van der Waals surface area contributed by atoms with Crippen molar-refractivity contribution in [1.29, 1.82) is 0 Å². The molecule has 0 radical (unpaired) electrons. The highest BCUT2D eigenvalue weighted by molar-refractivity contribution is 5.86. The third-order valence-corrected chi connectivity index (χ3v) is 4.35. The van der Waals surface area contributed by atoms with Crippen LogP contribution in [-0.4, -0.2) is 18.0 Å². The summed E-state index contributed by atoms with van der Waals surface area (Å²) >= 11 is 0. The third-order valence-electron chi connectivity index (χ3n) is 4.35. The van der Waals surface area contributed by atoms with Crippen molar-refractivity contribution in [1.82, 2.24) is 0 Å². The molecule has 2 saturated carbocycles. The molecule has 15 heavy (non-hydrogen) atoms. The maximum Gasteiger partial charge on any atom is 0.139 e. The molecular weight excluding hydrogens is 196 g/mol. The van der Waals surface area contributed by atoms with Crippen molar-refractivity contribution in [2.45, 2.75) is 50.5 Å². The van der Waals surface area contributed by atoms with Gasteiger partial charge in [0, 0.05) is 11.8 Å². The van der Waals surface area contributed by atoms with Gasteiger partial charge in [-0.25, -0.2) is 4.89 Å². The van der Waals surface area contributed by atoms with Crippen molar-refractivity contribution < 1.29 is 19.6 Å². The van der Waals surface area contributed by atoms with E-state index in [1.165, 1.54) is 0 Å². The van der Waals surface area contributed by atoms with E-state index in [0.29, 0.717) is 12.4 Å². The number of rotatable bonds is 0. The highest BCUT2D eigenvalue weighted by Gasteiger charge is 2.51. The van der Waals surface area contributed by atoms with E-state index in [0.717, 1.165) is 44.9 Å². The van der Waals surface area contributed by atoms with Gasteiger partial charge in [-0.3, -0.25) is 4.79 Å². The van der Waals surface area contributed by atoms with Crippen molar-refractivity contribution in [3.8, 4) is 0 Å². The summed E-state index contributed by atoms with van der Waals surface area (Å²) in [6, 6.07) is 0. The Bertz CT molecular complexity index is 270. The minimum absolute atomic E-state index is 0.0167. The topological polar surface area (TPSA) is 44.8 Å². The van der Waals surface area contributed by atoms with Crippen molar-refractivity contribution in [2.75, 3.05) is 6.61 Å². The molecular formula is C11H16O4. The van der Waals surface area contributed by atoms with Crippen LogP contribution in [0.3, 0.4) is 0 Å². The molecule has 2 aliphatic carbocycles. The van der Waals surface area contributed by atoms with Crippen LogP contribution in [0.4, 0.5) is 0 Å². The molecule has 3 rings (SSSR count). The number of carbonyl (C=O) groups excluding carboxylic acids is 1. The van der Waals surface area contributed by atoms with Gasteiger partial charge in [0.25, 0.3) is 0 Å². The van der Waals surface area contributed by atoms with Crippen LogP contribution < -0.4 is 0 Å². The molecule has 0 aromatic carbocycles. The van der Waals surface area contributed by atoms with E-state index >= 15 is 0 Å². The highest BCUT2D eigenvalue weighted by Crippen LogP contribution is 2.50. The second-order valence-electron chi connectivity index (χ2n) is 5.15. The lowest BCUT2D eigenvalue weighted by molar-refractivity contribution is -0.471. The summed E-state index contributed by atoms with van der Waals surface area (Å²) in [5.41, 5.74) is -0.273. The van der Waals surface area contributed by atoms with Crippen LogP contribution in [0.2, 0.25) is 0 Å². The zero-order chi connectivity index (χ0) is 10.4. The lowest BCUT2D eigenvalue weighted by Crippen LogP contribution is -2.42. The zero-order valence-electron chi connectivity index (χ0n) is 8.79. The lowest BCUT2D eigenvalue weighted by Gasteiger charge is -2.38. The molecule has 2 spiro atoms. The predicted octanol–water partition coefficient (Wildman–Crippen LogP) is 1.93. The number of hydrogen-bond donors (Lipinski definition) is 0. The molecule has 4 nitrogen and oxygen atoms in total. The normalized spacial score (nSPS) is 45.7. The van der Waals surface area contributed by atoms with Crippen molar-refractivity contribution >= 4 is 5.78 Å². The fraction of sp³-hybridized carbons (Fsp3) is 0.909. The molecule has 0 unspecified atom stereocenters. The Balaban J connectivity index is 1.72. The molecule has 84 valence electrons. The molecule has 0 bridgehead atoms. The summed E-state index contributed by atoms with van der Waals surface area (Å²) in [4.78, 5) is 21.8. The minimum Gasteiger partial charge on any atom is -0.299 e. The van der Waals surface area contributed by atoms with Gasteiger partial charge in [-0.05, 0) is 38.5 Å². The SMILES string of the molecule is O=C1CCCC12CCC1(CC2)COOO1. The summed E-state index contributed by atoms with van der Waals surface area (Å²) in [5, 5.41) is 4.53. The van der Waals surface area contributed by atoms with Gasteiger partial charge < -0.3 is 0 Å². The molecule has 1 heterocycles. The standard InChI is InChI=1S/C11H16O4/c12-9-2-1-3-10(9)4-6-11(7-5-10)8-13-15-14-11/h1-8H2.